The highest BCUT2D eigenvalue weighted by Crippen LogP contribution is 2.23. The first kappa shape index (κ1) is 26.8. The van der Waals surface area contributed by atoms with Gasteiger partial charge in [-0.2, -0.15) is 0 Å². The van der Waals surface area contributed by atoms with Crippen molar-refractivity contribution in [1.29, 1.82) is 0 Å². The number of nitrogens with zero attached hydrogens (tertiary/aromatic N) is 1. The van der Waals surface area contributed by atoms with Crippen molar-refractivity contribution in [2.45, 2.75) is 25.9 Å². The molecule has 0 aliphatic heterocycles. The van der Waals surface area contributed by atoms with Gasteiger partial charge in [-0.25, -0.2) is 0 Å². The van der Waals surface area contributed by atoms with Gasteiger partial charge in [-0.15, -0.1) is 0 Å². The first-order valence-electron chi connectivity index (χ1n) is 13.3. The summed E-state index contributed by atoms with van der Waals surface area (Å²) in [6.45, 7) is 2.11. The van der Waals surface area contributed by atoms with Crippen molar-refractivity contribution in [2.24, 2.45) is 0 Å². The molecule has 7 nitrogen and oxygen atoms in total. The highest BCUT2D eigenvalue weighted by molar-refractivity contribution is 5.85. The normalized spacial score (nSPS) is 11.8. The van der Waals surface area contributed by atoms with E-state index in [4.69, 9.17) is 9.47 Å². The van der Waals surface area contributed by atoms with Crippen LogP contribution in [0.15, 0.2) is 97.2 Å². The summed E-state index contributed by atoms with van der Waals surface area (Å²) in [6, 6.07) is 29.1. The fourth-order valence-corrected chi connectivity index (χ4v) is 5.01. The van der Waals surface area contributed by atoms with Crippen molar-refractivity contribution in [3.8, 4) is 11.5 Å². The van der Waals surface area contributed by atoms with E-state index in [2.05, 4.69) is 16.4 Å². The summed E-state index contributed by atoms with van der Waals surface area (Å²) in [5.74, 6) is 1.01. The third kappa shape index (κ3) is 6.43. The minimum atomic E-state index is -0.342. The first-order chi connectivity index (χ1) is 19.5. The molecule has 1 unspecified atom stereocenters. The molecule has 7 heteroatoms. The molecule has 1 heterocycles. The van der Waals surface area contributed by atoms with Crippen molar-refractivity contribution in [3.63, 3.8) is 0 Å². The Hall–Kier alpha value is -4.78. The molecular weight excluding hydrogens is 502 g/mol. The van der Waals surface area contributed by atoms with Crippen LogP contribution in [0, 0.1) is 0 Å². The van der Waals surface area contributed by atoms with Crippen LogP contribution in [-0.2, 0) is 22.6 Å². The second kappa shape index (κ2) is 12.4. The van der Waals surface area contributed by atoms with Gasteiger partial charge in [-0.05, 0) is 47.0 Å². The monoisotopic (exact) mass is 535 g/mol. The van der Waals surface area contributed by atoms with Crippen LogP contribution >= 0.6 is 0 Å². The van der Waals surface area contributed by atoms with Crippen LogP contribution in [0.4, 0.5) is 0 Å². The quantitative estimate of drug-likeness (QED) is 0.235. The van der Waals surface area contributed by atoms with Gasteiger partial charge in [0.05, 0.1) is 13.2 Å². The van der Waals surface area contributed by atoms with Gasteiger partial charge in [-0.1, -0.05) is 66.7 Å². The highest BCUT2D eigenvalue weighted by Gasteiger charge is 2.22. The summed E-state index contributed by atoms with van der Waals surface area (Å²) >= 11 is 0. The Morgan fingerprint density at radius 3 is 2.48 bits per heavy atom. The van der Waals surface area contributed by atoms with Crippen LogP contribution in [0.2, 0.25) is 0 Å². The molecule has 5 aromatic rings. The fourth-order valence-electron chi connectivity index (χ4n) is 5.01. The number of amides is 2. The van der Waals surface area contributed by atoms with Crippen LogP contribution in [0.25, 0.3) is 21.7 Å². The predicted octanol–water partition coefficient (Wildman–Crippen LogP) is 5.48. The maximum absolute atomic E-state index is 13.1. The number of H-pyrrole nitrogens is 1. The minimum Gasteiger partial charge on any atom is -0.496 e. The number of para-hydroxylation sites is 2. The molecule has 5 rings (SSSR count). The standard InChI is InChI=1S/C33H33N3O4/c1-23(37)36(20-26-11-5-8-14-32(26)39-2)21-28(17-27-19-34-31-13-7-6-12-30(27)31)35-33(38)22-40-29-16-15-24-9-3-4-10-25(24)18-29/h3-16,18-19,28,34H,17,20-22H2,1-2H3,(H,35,38). The molecule has 40 heavy (non-hydrogen) atoms. The van der Waals surface area contributed by atoms with Crippen molar-refractivity contribution in [2.75, 3.05) is 20.3 Å². The topological polar surface area (TPSA) is 83.7 Å². The second-order valence-corrected chi connectivity index (χ2v) is 9.84. The lowest BCUT2D eigenvalue weighted by Gasteiger charge is -2.28. The van der Waals surface area contributed by atoms with Crippen LogP contribution < -0.4 is 14.8 Å². The fraction of sp³-hybridized carbons (Fsp3) is 0.212. The van der Waals surface area contributed by atoms with E-state index in [0.717, 1.165) is 38.6 Å². The van der Waals surface area contributed by atoms with Gasteiger partial charge in [0.1, 0.15) is 11.5 Å². The van der Waals surface area contributed by atoms with E-state index >= 15 is 0 Å². The van der Waals surface area contributed by atoms with Gasteiger partial charge in [0.25, 0.3) is 5.91 Å². The molecule has 2 N–H and O–H groups in total. The van der Waals surface area contributed by atoms with E-state index in [1.807, 2.05) is 91.1 Å². The number of hydrogen-bond donors (Lipinski definition) is 2. The molecule has 204 valence electrons. The Morgan fingerprint density at radius 2 is 1.65 bits per heavy atom. The van der Waals surface area contributed by atoms with Crippen LogP contribution in [-0.4, -0.2) is 48.0 Å². The maximum Gasteiger partial charge on any atom is 0.258 e. The molecule has 2 amide bonds. The molecule has 4 aromatic carbocycles. The molecule has 1 atom stereocenters. The zero-order valence-electron chi connectivity index (χ0n) is 22.7. The van der Waals surface area contributed by atoms with Crippen LogP contribution in [0.3, 0.4) is 0 Å². The van der Waals surface area contributed by atoms with E-state index in [1.54, 1.807) is 18.9 Å². The van der Waals surface area contributed by atoms with Crippen molar-refractivity contribution in [1.82, 2.24) is 15.2 Å². The molecule has 0 saturated carbocycles. The largest absolute Gasteiger partial charge is 0.496 e. The van der Waals surface area contributed by atoms with Gasteiger partial charge in [0.15, 0.2) is 6.61 Å². The summed E-state index contributed by atoms with van der Waals surface area (Å²) in [5.41, 5.74) is 2.99. The summed E-state index contributed by atoms with van der Waals surface area (Å²) in [5, 5.41) is 6.37. The Bertz CT molecular complexity index is 1630. The zero-order valence-corrected chi connectivity index (χ0v) is 22.7. The summed E-state index contributed by atoms with van der Waals surface area (Å²) in [7, 11) is 1.62. The molecule has 0 saturated heterocycles. The van der Waals surface area contributed by atoms with E-state index in [1.165, 1.54) is 0 Å². The number of aromatic amines is 1. The average Bonchev–Trinajstić information content (AvgIpc) is 3.38. The van der Waals surface area contributed by atoms with Crippen molar-refractivity contribution < 1.29 is 19.1 Å². The van der Waals surface area contributed by atoms with Gasteiger partial charge in [0.2, 0.25) is 5.91 Å². The Morgan fingerprint density at radius 1 is 0.900 bits per heavy atom. The zero-order chi connectivity index (χ0) is 27.9. The number of rotatable bonds is 11. The van der Waals surface area contributed by atoms with Gasteiger partial charge in [0, 0.05) is 42.7 Å². The number of hydrogen-bond acceptors (Lipinski definition) is 4. The Labute approximate surface area is 233 Å². The lowest BCUT2D eigenvalue weighted by atomic mass is 10.0. The Kier molecular flexibility index (Phi) is 8.30. The van der Waals surface area contributed by atoms with Gasteiger partial charge in [-0.3, -0.25) is 9.59 Å². The van der Waals surface area contributed by atoms with Crippen molar-refractivity contribution >= 4 is 33.5 Å². The number of aromatic nitrogens is 1. The third-order valence-electron chi connectivity index (χ3n) is 7.04. The van der Waals surface area contributed by atoms with Crippen LogP contribution in [0.5, 0.6) is 11.5 Å². The van der Waals surface area contributed by atoms with Gasteiger partial charge < -0.3 is 24.7 Å². The number of carbonyl (C=O) groups is 2. The average molecular weight is 536 g/mol. The minimum absolute atomic E-state index is 0.0866. The first-order valence-corrected chi connectivity index (χ1v) is 13.3. The molecular formula is C33H33N3O4. The number of fused-ring (bicyclic) bond motifs is 2. The van der Waals surface area contributed by atoms with E-state index < -0.39 is 0 Å². The maximum atomic E-state index is 13.1. The SMILES string of the molecule is COc1ccccc1CN(CC(Cc1c[nH]c2ccccc12)NC(=O)COc1ccc2ccccc2c1)C(C)=O. The smallest absolute Gasteiger partial charge is 0.258 e. The highest BCUT2D eigenvalue weighted by atomic mass is 16.5. The molecule has 0 aliphatic rings. The predicted molar refractivity (Wildman–Crippen MR) is 157 cm³/mol. The number of carbonyl (C=O) groups excluding carboxylic acids is 2. The van der Waals surface area contributed by atoms with E-state index in [9.17, 15) is 9.59 Å². The lowest BCUT2D eigenvalue weighted by molar-refractivity contribution is -0.131. The molecule has 0 spiro atoms. The number of ether oxygens (including phenoxy) is 2. The Balaban J connectivity index is 1.33. The molecule has 0 radical (unpaired) electrons. The second-order valence-electron chi connectivity index (χ2n) is 9.84. The molecule has 1 aromatic heterocycles. The number of benzene rings is 4. The summed E-state index contributed by atoms with van der Waals surface area (Å²) < 4.78 is 11.3. The summed E-state index contributed by atoms with van der Waals surface area (Å²) in [4.78, 5) is 30.9. The van der Waals surface area contributed by atoms with Crippen molar-refractivity contribution in [3.05, 3.63) is 108 Å². The van der Waals surface area contributed by atoms with Gasteiger partial charge >= 0.3 is 0 Å². The number of nitrogens with one attached hydrogen (secondary N) is 2. The van der Waals surface area contributed by atoms with Crippen LogP contribution in [0.1, 0.15) is 18.1 Å². The van der Waals surface area contributed by atoms with E-state index in [-0.39, 0.29) is 24.5 Å². The van der Waals surface area contributed by atoms with E-state index in [0.29, 0.717) is 25.3 Å². The summed E-state index contributed by atoms with van der Waals surface area (Å²) in [6.07, 6.45) is 2.51. The molecule has 0 bridgehead atoms. The third-order valence-corrected chi connectivity index (χ3v) is 7.04. The molecule has 0 aliphatic carbocycles. The lowest BCUT2D eigenvalue weighted by Crippen LogP contribution is -2.47. The number of methoxy groups -OCH3 is 1. The molecule has 0 fully saturated rings.